The van der Waals surface area contributed by atoms with E-state index in [0.29, 0.717) is 19.4 Å². The fraction of sp³-hybridized carbons (Fsp3) is 0.915. The van der Waals surface area contributed by atoms with E-state index in [1.165, 1.54) is 327 Å². The Kier molecular flexibility index (Phi) is 65.4. The summed E-state index contributed by atoms with van der Waals surface area (Å²) in [5.41, 5.74) is 0. The van der Waals surface area contributed by atoms with Crippen LogP contribution in [0.2, 0.25) is 0 Å². The zero-order valence-corrected chi connectivity index (χ0v) is 52.2. The van der Waals surface area contributed by atoms with E-state index in [1.54, 1.807) is 6.08 Å². The molecule has 2 unspecified atom stereocenters. The van der Waals surface area contributed by atoms with Crippen LogP contribution in [0.4, 0.5) is 0 Å². The molecule has 0 bridgehead atoms. The average molecular weight is 1080 g/mol. The van der Waals surface area contributed by atoms with Crippen LogP contribution < -0.4 is 5.32 Å². The highest BCUT2D eigenvalue weighted by atomic mass is 16.5. The van der Waals surface area contributed by atoms with Crippen molar-refractivity contribution in [2.45, 2.75) is 405 Å². The van der Waals surface area contributed by atoms with Crippen LogP contribution in [-0.4, -0.2) is 47.4 Å². The van der Waals surface area contributed by atoms with Crippen molar-refractivity contribution in [3.63, 3.8) is 0 Å². The lowest BCUT2D eigenvalue weighted by Gasteiger charge is -2.20. The first-order valence-electron chi connectivity index (χ1n) is 35.1. The van der Waals surface area contributed by atoms with E-state index in [2.05, 4.69) is 31.3 Å². The fourth-order valence-electron chi connectivity index (χ4n) is 11.1. The molecular formula is C71H137NO5. The normalized spacial score (nSPS) is 12.6. The number of aliphatic hydroxyl groups excluding tert-OH is 2. The summed E-state index contributed by atoms with van der Waals surface area (Å²) in [6.45, 7) is 4.92. The number of ether oxygens (including phenoxy) is 1. The first-order chi connectivity index (χ1) is 38.0. The molecule has 0 saturated carbocycles. The summed E-state index contributed by atoms with van der Waals surface area (Å²) >= 11 is 0. The molecule has 456 valence electrons. The molecule has 6 nitrogen and oxygen atoms in total. The van der Waals surface area contributed by atoms with Crippen LogP contribution in [0, 0.1) is 0 Å². The number of allylic oxidation sites excluding steroid dienone is 3. The third-order valence-electron chi connectivity index (χ3n) is 16.5. The van der Waals surface area contributed by atoms with Crippen molar-refractivity contribution in [3.8, 4) is 0 Å². The van der Waals surface area contributed by atoms with Crippen molar-refractivity contribution in [2.24, 2.45) is 0 Å². The Balaban J connectivity index is 3.32. The molecule has 0 aromatic heterocycles. The predicted molar refractivity (Wildman–Crippen MR) is 338 cm³/mol. The summed E-state index contributed by atoms with van der Waals surface area (Å²) in [6.07, 6.45) is 84.2. The van der Waals surface area contributed by atoms with E-state index in [4.69, 9.17) is 4.74 Å². The van der Waals surface area contributed by atoms with Crippen LogP contribution in [0.25, 0.3) is 0 Å². The lowest BCUT2D eigenvalue weighted by molar-refractivity contribution is -0.143. The summed E-state index contributed by atoms with van der Waals surface area (Å²) in [5, 5.41) is 23.1. The summed E-state index contributed by atoms with van der Waals surface area (Å²) < 4.78 is 5.48. The molecule has 0 fully saturated rings. The van der Waals surface area contributed by atoms with Crippen molar-refractivity contribution < 1.29 is 24.5 Å². The quantitative estimate of drug-likeness (QED) is 0.0320. The second-order valence-electron chi connectivity index (χ2n) is 24.2. The van der Waals surface area contributed by atoms with Crippen LogP contribution in [0.3, 0.4) is 0 Å². The molecule has 0 spiro atoms. The third kappa shape index (κ3) is 63.4. The number of amides is 1. The Morgan fingerprint density at radius 1 is 0.351 bits per heavy atom. The molecule has 0 heterocycles. The Morgan fingerprint density at radius 2 is 0.610 bits per heavy atom. The molecule has 2 atom stereocenters. The standard InChI is InChI=1S/C71H137NO5/c1-3-5-7-9-11-13-15-44-47-51-55-59-63-69(74)68(67-73)72-70(75)64-60-56-52-48-45-41-39-37-35-33-31-29-27-25-23-21-19-17-16-18-20-22-24-26-28-30-32-34-36-38-40-42-46-50-54-58-62-66-77-71(76)65-61-57-53-49-43-14-12-10-8-6-4-2/h16,18,59,63,68-69,73-74H,3-15,17,19-58,60-62,64-67H2,1-2H3,(H,72,75)/b18-16-,63-59+. The molecule has 77 heavy (non-hydrogen) atoms. The largest absolute Gasteiger partial charge is 0.466 e. The van der Waals surface area contributed by atoms with Crippen LogP contribution in [0.5, 0.6) is 0 Å². The molecule has 3 N–H and O–H groups in total. The van der Waals surface area contributed by atoms with Gasteiger partial charge in [0.15, 0.2) is 0 Å². The molecular weight excluding hydrogens is 947 g/mol. The molecule has 0 aliphatic carbocycles. The van der Waals surface area contributed by atoms with Gasteiger partial charge in [0, 0.05) is 12.8 Å². The van der Waals surface area contributed by atoms with E-state index in [1.807, 2.05) is 6.08 Å². The maximum atomic E-state index is 12.5. The smallest absolute Gasteiger partial charge is 0.305 e. The first kappa shape index (κ1) is 75.3. The van der Waals surface area contributed by atoms with Crippen molar-refractivity contribution >= 4 is 11.9 Å². The lowest BCUT2D eigenvalue weighted by atomic mass is 10.0. The van der Waals surface area contributed by atoms with Gasteiger partial charge >= 0.3 is 5.97 Å². The van der Waals surface area contributed by atoms with Gasteiger partial charge in [-0.15, -0.1) is 0 Å². The monoisotopic (exact) mass is 1080 g/mol. The molecule has 1 amide bonds. The van der Waals surface area contributed by atoms with Crippen LogP contribution in [0.15, 0.2) is 24.3 Å². The second-order valence-corrected chi connectivity index (χ2v) is 24.2. The minimum absolute atomic E-state index is 0.0213. The van der Waals surface area contributed by atoms with Crippen molar-refractivity contribution in [1.29, 1.82) is 0 Å². The maximum Gasteiger partial charge on any atom is 0.305 e. The van der Waals surface area contributed by atoms with E-state index in [9.17, 15) is 19.8 Å². The zero-order valence-electron chi connectivity index (χ0n) is 52.2. The number of unbranched alkanes of at least 4 members (excludes halogenated alkanes) is 53. The highest BCUT2D eigenvalue weighted by molar-refractivity contribution is 5.76. The number of nitrogens with one attached hydrogen (secondary N) is 1. The van der Waals surface area contributed by atoms with Crippen LogP contribution in [0.1, 0.15) is 393 Å². The summed E-state index contributed by atoms with van der Waals surface area (Å²) in [6, 6.07) is -0.623. The van der Waals surface area contributed by atoms with Crippen molar-refractivity contribution in [1.82, 2.24) is 5.32 Å². The molecule has 0 aromatic rings. The fourth-order valence-corrected chi connectivity index (χ4v) is 11.1. The van der Waals surface area contributed by atoms with Gasteiger partial charge in [0.1, 0.15) is 0 Å². The molecule has 0 saturated heterocycles. The van der Waals surface area contributed by atoms with Gasteiger partial charge < -0.3 is 20.3 Å². The highest BCUT2D eigenvalue weighted by Crippen LogP contribution is 2.19. The number of esters is 1. The van der Waals surface area contributed by atoms with Crippen LogP contribution in [-0.2, 0) is 14.3 Å². The van der Waals surface area contributed by atoms with Gasteiger partial charge in [-0.05, 0) is 57.8 Å². The lowest BCUT2D eigenvalue weighted by Crippen LogP contribution is -2.45. The van der Waals surface area contributed by atoms with Gasteiger partial charge in [0.25, 0.3) is 0 Å². The number of carbonyl (C=O) groups is 2. The van der Waals surface area contributed by atoms with Gasteiger partial charge in [-0.2, -0.15) is 0 Å². The third-order valence-corrected chi connectivity index (χ3v) is 16.5. The molecule has 0 aliphatic rings. The Labute approximate surface area is 481 Å². The van der Waals surface area contributed by atoms with Crippen LogP contribution >= 0.6 is 0 Å². The van der Waals surface area contributed by atoms with Gasteiger partial charge in [0.05, 0.1) is 25.4 Å². The Morgan fingerprint density at radius 3 is 0.922 bits per heavy atom. The number of carbonyl (C=O) groups excluding carboxylic acids is 2. The minimum atomic E-state index is -0.840. The van der Waals surface area contributed by atoms with Crippen molar-refractivity contribution in [2.75, 3.05) is 13.2 Å². The molecule has 6 heteroatoms. The average Bonchev–Trinajstić information content (AvgIpc) is 3.43. The number of aliphatic hydroxyl groups is 2. The molecule has 0 aromatic carbocycles. The van der Waals surface area contributed by atoms with Gasteiger partial charge in [-0.1, -0.05) is 346 Å². The Bertz CT molecular complexity index is 1200. The zero-order chi connectivity index (χ0) is 55.7. The Hall–Kier alpha value is -1.66. The number of rotatable bonds is 66. The second kappa shape index (κ2) is 66.8. The van der Waals surface area contributed by atoms with E-state index in [0.717, 1.165) is 38.5 Å². The van der Waals surface area contributed by atoms with Crippen molar-refractivity contribution in [3.05, 3.63) is 24.3 Å². The van der Waals surface area contributed by atoms with E-state index >= 15 is 0 Å². The SMILES string of the molecule is CCCCCCCCCCCC/C=C/C(O)C(CO)NC(=O)CCCCCCCCCCCCCCCCCCC/C=C\CCCCCCCCCCCCCCCCCCOC(=O)CCCCCCCCCCCCC. The summed E-state index contributed by atoms with van der Waals surface area (Å²) in [4.78, 5) is 24.5. The number of hydrogen-bond acceptors (Lipinski definition) is 5. The van der Waals surface area contributed by atoms with E-state index in [-0.39, 0.29) is 18.5 Å². The molecule has 0 radical (unpaired) electrons. The minimum Gasteiger partial charge on any atom is -0.466 e. The number of hydrogen-bond donors (Lipinski definition) is 3. The molecule has 0 aliphatic heterocycles. The highest BCUT2D eigenvalue weighted by Gasteiger charge is 2.18. The van der Waals surface area contributed by atoms with Gasteiger partial charge in [0.2, 0.25) is 5.91 Å². The predicted octanol–water partition coefficient (Wildman–Crippen LogP) is 22.5. The summed E-state index contributed by atoms with van der Waals surface area (Å²) in [7, 11) is 0. The molecule has 0 rings (SSSR count). The summed E-state index contributed by atoms with van der Waals surface area (Å²) in [5.74, 6) is -0.0416. The first-order valence-corrected chi connectivity index (χ1v) is 35.1. The maximum absolute atomic E-state index is 12.5. The van der Waals surface area contributed by atoms with E-state index < -0.39 is 12.1 Å². The van der Waals surface area contributed by atoms with Gasteiger partial charge in [-0.3, -0.25) is 9.59 Å². The van der Waals surface area contributed by atoms with Gasteiger partial charge in [-0.25, -0.2) is 0 Å². The topological polar surface area (TPSA) is 95.9 Å².